The molecule has 8 nitrogen and oxygen atoms in total. The molecule has 3 aromatic heterocycles. The van der Waals surface area contributed by atoms with Crippen LogP contribution in [0.25, 0.3) is 21.9 Å². The van der Waals surface area contributed by atoms with Crippen LogP contribution in [0.5, 0.6) is 0 Å². The number of nitrogens with zero attached hydrogens (tertiary/aromatic N) is 5. The van der Waals surface area contributed by atoms with Gasteiger partial charge in [-0.3, -0.25) is 4.79 Å². The minimum atomic E-state index is -0.383. The summed E-state index contributed by atoms with van der Waals surface area (Å²) in [6.45, 7) is 2.28. The largest absolute Gasteiger partial charge is 0.420 e. The van der Waals surface area contributed by atoms with E-state index in [1.54, 1.807) is 6.07 Å². The Bertz CT molecular complexity index is 1110. The molecule has 0 unspecified atom stereocenters. The number of fused-ring (bicyclic) bond motifs is 1. The third kappa shape index (κ3) is 3.28. The number of rotatable bonds is 5. The third-order valence-corrected chi connectivity index (χ3v) is 5.44. The normalized spacial score (nSPS) is 11.2. The summed E-state index contributed by atoms with van der Waals surface area (Å²) in [6.07, 6.45) is 1.15. The Morgan fingerprint density at radius 3 is 2.89 bits per heavy atom. The van der Waals surface area contributed by atoms with Crippen molar-refractivity contribution in [2.45, 2.75) is 13.5 Å². The molecule has 3 heterocycles. The zero-order chi connectivity index (χ0) is 19.0. The van der Waals surface area contributed by atoms with Crippen molar-refractivity contribution in [3.05, 3.63) is 46.2 Å². The van der Waals surface area contributed by atoms with E-state index >= 15 is 0 Å². The number of amides is 1. The predicted molar refractivity (Wildman–Crippen MR) is 94.8 cm³/mol. The van der Waals surface area contributed by atoms with Gasteiger partial charge in [0, 0.05) is 16.6 Å². The van der Waals surface area contributed by atoms with Crippen LogP contribution in [0.2, 0.25) is 5.02 Å². The second-order valence-electron chi connectivity index (χ2n) is 5.45. The fraction of sp³-hybridized carbons (Fsp3) is 0.188. The van der Waals surface area contributed by atoms with E-state index in [9.17, 15) is 9.18 Å². The van der Waals surface area contributed by atoms with Crippen LogP contribution in [0.4, 0.5) is 4.39 Å². The molecule has 4 aromatic rings. The smallest absolute Gasteiger partial charge is 0.305 e. The number of benzene rings is 1. The van der Waals surface area contributed by atoms with Crippen molar-refractivity contribution in [2.24, 2.45) is 0 Å². The molecule has 0 fully saturated rings. The SMILES string of the molecule is CCN(Cc1nnc(-c2nnco2)o1)C(=O)c1sc2cc(F)ccc2c1Cl. The molecule has 138 valence electrons. The lowest BCUT2D eigenvalue weighted by Gasteiger charge is -2.18. The van der Waals surface area contributed by atoms with Gasteiger partial charge in [-0.1, -0.05) is 11.6 Å². The van der Waals surface area contributed by atoms with Crippen molar-refractivity contribution in [1.82, 2.24) is 25.3 Å². The van der Waals surface area contributed by atoms with Crippen LogP contribution in [0.1, 0.15) is 22.5 Å². The average Bonchev–Trinajstić information content (AvgIpc) is 3.39. The van der Waals surface area contributed by atoms with Crippen LogP contribution >= 0.6 is 22.9 Å². The number of carbonyl (C=O) groups excluding carboxylic acids is 1. The van der Waals surface area contributed by atoms with Crippen molar-refractivity contribution >= 4 is 38.9 Å². The minimum absolute atomic E-state index is 0.0707. The lowest BCUT2D eigenvalue weighted by atomic mass is 10.2. The Hall–Kier alpha value is -2.85. The van der Waals surface area contributed by atoms with Crippen LogP contribution in [-0.4, -0.2) is 37.7 Å². The maximum absolute atomic E-state index is 13.4. The van der Waals surface area contributed by atoms with Gasteiger partial charge in [-0.2, -0.15) is 0 Å². The minimum Gasteiger partial charge on any atom is -0.420 e. The molecule has 1 aromatic carbocycles. The molecule has 0 saturated heterocycles. The van der Waals surface area contributed by atoms with Crippen molar-refractivity contribution in [2.75, 3.05) is 6.54 Å². The lowest BCUT2D eigenvalue weighted by Crippen LogP contribution is -2.30. The number of carbonyl (C=O) groups is 1. The van der Waals surface area contributed by atoms with E-state index in [1.807, 2.05) is 6.92 Å². The number of hydrogen-bond acceptors (Lipinski definition) is 8. The van der Waals surface area contributed by atoms with E-state index in [4.69, 9.17) is 20.4 Å². The number of halogens is 2. The van der Waals surface area contributed by atoms with Crippen molar-refractivity contribution in [1.29, 1.82) is 0 Å². The molecule has 0 atom stereocenters. The molecule has 0 aliphatic carbocycles. The van der Waals surface area contributed by atoms with E-state index in [1.165, 1.54) is 17.0 Å². The average molecular weight is 408 g/mol. The predicted octanol–water partition coefficient (Wildman–Crippen LogP) is 3.79. The molecule has 0 aliphatic heterocycles. The van der Waals surface area contributed by atoms with Crippen LogP contribution in [0, 0.1) is 5.82 Å². The molecular weight excluding hydrogens is 397 g/mol. The first kappa shape index (κ1) is 17.6. The van der Waals surface area contributed by atoms with E-state index in [0.717, 1.165) is 17.7 Å². The second kappa shape index (κ2) is 7.05. The number of aromatic nitrogens is 4. The molecule has 11 heteroatoms. The first-order valence-corrected chi connectivity index (χ1v) is 9.02. The molecule has 0 saturated carbocycles. The Morgan fingerprint density at radius 2 is 2.15 bits per heavy atom. The van der Waals surface area contributed by atoms with Gasteiger partial charge in [0.25, 0.3) is 5.91 Å². The van der Waals surface area contributed by atoms with E-state index in [0.29, 0.717) is 26.5 Å². The zero-order valence-corrected chi connectivity index (χ0v) is 15.4. The Labute approximate surface area is 160 Å². The highest BCUT2D eigenvalue weighted by Crippen LogP contribution is 2.36. The van der Waals surface area contributed by atoms with E-state index < -0.39 is 0 Å². The summed E-state index contributed by atoms with van der Waals surface area (Å²) in [5.41, 5.74) is 0. The molecule has 0 spiro atoms. The number of thiophene rings is 1. The van der Waals surface area contributed by atoms with Crippen molar-refractivity contribution in [3.63, 3.8) is 0 Å². The van der Waals surface area contributed by atoms with Crippen LogP contribution in [0.15, 0.2) is 33.4 Å². The molecule has 4 rings (SSSR count). The molecule has 1 amide bonds. The molecular formula is C16H11ClFN5O3S. The van der Waals surface area contributed by atoms with E-state index in [-0.39, 0.29) is 35.9 Å². The van der Waals surface area contributed by atoms with Gasteiger partial charge in [-0.05, 0) is 25.1 Å². The molecule has 0 bridgehead atoms. The van der Waals surface area contributed by atoms with Gasteiger partial charge in [0.15, 0.2) is 0 Å². The van der Waals surface area contributed by atoms with Gasteiger partial charge in [-0.15, -0.1) is 31.7 Å². The summed E-state index contributed by atoms with van der Waals surface area (Å²) in [5, 5.41) is 15.9. The topological polar surface area (TPSA) is 98.2 Å². The molecule has 27 heavy (non-hydrogen) atoms. The second-order valence-corrected chi connectivity index (χ2v) is 6.88. The standard InChI is InChI=1S/C16H11ClFN5O3S/c1-2-23(6-11-20-22-15(26-11)14-21-19-7-25-14)16(24)13-12(17)9-4-3-8(18)5-10(9)27-13/h3-5,7H,2,6H2,1H3. The Morgan fingerprint density at radius 1 is 1.30 bits per heavy atom. The fourth-order valence-electron chi connectivity index (χ4n) is 2.48. The van der Waals surface area contributed by atoms with Crippen molar-refractivity contribution in [3.8, 4) is 11.8 Å². The number of hydrogen-bond donors (Lipinski definition) is 0. The quantitative estimate of drug-likeness (QED) is 0.496. The summed E-state index contributed by atoms with van der Waals surface area (Å²) >= 11 is 7.48. The van der Waals surface area contributed by atoms with E-state index in [2.05, 4.69) is 20.4 Å². The summed E-state index contributed by atoms with van der Waals surface area (Å²) in [7, 11) is 0. The maximum Gasteiger partial charge on any atom is 0.305 e. The van der Waals surface area contributed by atoms with Crippen LogP contribution in [0.3, 0.4) is 0 Å². The van der Waals surface area contributed by atoms with Gasteiger partial charge in [0.05, 0.1) is 11.6 Å². The lowest BCUT2D eigenvalue weighted by molar-refractivity contribution is 0.0743. The molecule has 0 radical (unpaired) electrons. The summed E-state index contributed by atoms with van der Waals surface area (Å²) in [4.78, 5) is 14.7. The Kier molecular flexibility index (Phi) is 4.58. The monoisotopic (exact) mass is 407 g/mol. The third-order valence-electron chi connectivity index (χ3n) is 3.79. The maximum atomic E-state index is 13.4. The van der Waals surface area contributed by atoms with Crippen LogP contribution < -0.4 is 0 Å². The first-order valence-electron chi connectivity index (χ1n) is 7.82. The summed E-state index contributed by atoms with van der Waals surface area (Å²) in [6, 6.07) is 4.23. The highest BCUT2D eigenvalue weighted by molar-refractivity contribution is 7.21. The highest BCUT2D eigenvalue weighted by atomic mass is 35.5. The Balaban J connectivity index is 1.59. The van der Waals surface area contributed by atoms with Crippen LogP contribution in [-0.2, 0) is 6.54 Å². The molecule has 0 N–H and O–H groups in total. The van der Waals surface area contributed by atoms with Gasteiger partial charge in [0.2, 0.25) is 12.3 Å². The molecule has 0 aliphatic rings. The van der Waals surface area contributed by atoms with Gasteiger partial charge < -0.3 is 13.7 Å². The zero-order valence-electron chi connectivity index (χ0n) is 13.8. The highest BCUT2D eigenvalue weighted by Gasteiger charge is 2.24. The van der Waals surface area contributed by atoms with Gasteiger partial charge in [0.1, 0.15) is 10.7 Å². The summed E-state index contributed by atoms with van der Waals surface area (Å²) < 4.78 is 24.5. The van der Waals surface area contributed by atoms with Gasteiger partial charge in [-0.25, -0.2) is 4.39 Å². The van der Waals surface area contributed by atoms with Gasteiger partial charge >= 0.3 is 11.8 Å². The summed E-state index contributed by atoms with van der Waals surface area (Å²) in [5.74, 6) is -0.312. The van der Waals surface area contributed by atoms with Crippen molar-refractivity contribution < 1.29 is 18.0 Å². The fourth-order valence-corrected chi connectivity index (χ4v) is 3.99. The first-order chi connectivity index (χ1) is 13.1.